The molecular formula is C19H20FNO4. The van der Waals surface area contributed by atoms with Gasteiger partial charge in [0.15, 0.2) is 0 Å². The predicted octanol–water partition coefficient (Wildman–Crippen LogP) is 2.96. The fourth-order valence-corrected chi connectivity index (χ4v) is 2.88. The molecule has 0 bridgehead atoms. The van der Waals surface area contributed by atoms with Gasteiger partial charge in [-0.15, -0.1) is 0 Å². The molecular weight excluding hydrogens is 325 g/mol. The summed E-state index contributed by atoms with van der Waals surface area (Å²) in [6.45, 7) is 6.87. The van der Waals surface area contributed by atoms with Crippen molar-refractivity contribution in [1.29, 1.82) is 0 Å². The van der Waals surface area contributed by atoms with Crippen molar-refractivity contribution in [2.45, 2.75) is 19.8 Å². The predicted molar refractivity (Wildman–Crippen MR) is 90.8 cm³/mol. The lowest BCUT2D eigenvalue weighted by Gasteiger charge is -2.30. The van der Waals surface area contributed by atoms with Crippen LogP contribution in [0.15, 0.2) is 59.5 Å². The second kappa shape index (κ2) is 7.79. The summed E-state index contributed by atoms with van der Waals surface area (Å²) in [5.74, 6) is -2.73. The fraction of sp³-hybridized carbons (Fsp3) is 0.263. The standard InChI is InChI=1S/C19H20FNO4/c1-5-10-25-19(23)16-12(3)21-11(2)15(18(22)24-4)17(16)13-8-6-7-9-14(13)20/h5-9,17,21H,1,10H2,2-4H3. The van der Waals surface area contributed by atoms with Gasteiger partial charge >= 0.3 is 11.9 Å². The zero-order valence-electron chi connectivity index (χ0n) is 14.4. The Morgan fingerprint density at radius 2 is 1.80 bits per heavy atom. The summed E-state index contributed by atoms with van der Waals surface area (Å²) in [4.78, 5) is 24.9. The van der Waals surface area contributed by atoms with Crippen LogP contribution in [0.4, 0.5) is 4.39 Å². The van der Waals surface area contributed by atoms with Crippen LogP contribution in [0, 0.1) is 5.82 Å². The van der Waals surface area contributed by atoms with E-state index in [0.717, 1.165) is 0 Å². The SMILES string of the molecule is C=CCOC(=O)C1=C(C)NC(C)=C(C(=O)OC)C1c1ccccc1F. The molecule has 0 spiro atoms. The first-order chi connectivity index (χ1) is 11.9. The minimum atomic E-state index is -0.924. The van der Waals surface area contributed by atoms with Crippen LogP contribution in [0.5, 0.6) is 0 Å². The minimum absolute atomic E-state index is 0.00978. The van der Waals surface area contributed by atoms with Crippen LogP contribution in [-0.4, -0.2) is 25.7 Å². The number of rotatable bonds is 5. The van der Waals surface area contributed by atoms with Crippen molar-refractivity contribution in [3.63, 3.8) is 0 Å². The third-order valence-electron chi connectivity index (χ3n) is 3.93. The number of carbonyl (C=O) groups excluding carboxylic acids is 2. The summed E-state index contributed by atoms with van der Waals surface area (Å²) in [5.41, 5.74) is 1.53. The number of dihydropyridines is 1. The van der Waals surface area contributed by atoms with Crippen molar-refractivity contribution in [2.24, 2.45) is 0 Å². The number of halogens is 1. The number of carbonyl (C=O) groups is 2. The van der Waals surface area contributed by atoms with E-state index < -0.39 is 23.7 Å². The van der Waals surface area contributed by atoms with Gasteiger partial charge in [-0.1, -0.05) is 30.9 Å². The lowest BCUT2D eigenvalue weighted by Crippen LogP contribution is -2.32. The van der Waals surface area contributed by atoms with Gasteiger partial charge in [-0.3, -0.25) is 0 Å². The zero-order chi connectivity index (χ0) is 18.6. The maximum Gasteiger partial charge on any atom is 0.337 e. The van der Waals surface area contributed by atoms with Crippen molar-refractivity contribution in [1.82, 2.24) is 5.32 Å². The van der Waals surface area contributed by atoms with Crippen LogP contribution in [-0.2, 0) is 19.1 Å². The summed E-state index contributed by atoms with van der Waals surface area (Å²) in [7, 11) is 1.24. The second-order valence-electron chi connectivity index (χ2n) is 5.54. The number of benzene rings is 1. The van der Waals surface area contributed by atoms with E-state index in [4.69, 9.17) is 9.47 Å². The molecule has 6 heteroatoms. The maximum atomic E-state index is 14.5. The first kappa shape index (κ1) is 18.4. The lowest BCUT2D eigenvalue weighted by atomic mass is 9.80. The minimum Gasteiger partial charge on any atom is -0.466 e. The Bertz CT molecular complexity index is 779. The monoisotopic (exact) mass is 345 g/mol. The van der Waals surface area contributed by atoms with E-state index in [9.17, 15) is 14.0 Å². The molecule has 132 valence electrons. The fourth-order valence-electron chi connectivity index (χ4n) is 2.88. The van der Waals surface area contributed by atoms with Gasteiger partial charge in [0.2, 0.25) is 0 Å². The van der Waals surface area contributed by atoms with Gasteiger partial charge in [0.05, 0.1) is 24.2 Å². The number of ether oxygens (including phenoxy) is 2. The molecule has 1 aliphatic rings. The van der Waals surface area contributed by atoms with E-state index in [0.29, 0.717) is 11.4 Å². The van der Waals surface area contributed by atoms with Crippen molar-refractivity contribution in [3.8, 4) is 0 Å². The van der Waals surface area contributed by atoms with E-state index in [1.807, 2.05) is 0 Å². The number of hydrogen-bond donors (Lipinski definition) is 1. The molecule has 0 fully saturated rings. The van der Waals surface area contributed by atoms with Crippen LogP contribution in [0.1, 0.15) is 25.3 Å². The number of esters is 2. The Morgan fingerprint density at radius 1 is 1.20 bits per heavy atom. The first-order valence-corrected chi connectivity index (χ1v) is 7.71. The Hall–Kier alpha value is -2.89. The highest BCUT2D eigenvalue weighted by molar-refractivity contribution is 5.99. The molecule has 1 heterocycles. The molecule has 1 N–H and O–H groups in total. The molecule has 0 saturated carbocycles. The van der Waals surface area contributed by atoms with Crippen LogP contribution in [0.3, 0.4) is 0 Å². The molecule has 2 rings (SSSR count). The Kier molecular flexibility index (Phi) is 5.75. The smallest absolute Gasteiger partial charge is 0.337 e. The van der Waals surface area contributed by atoms with E-state index in [-0.39, 0.29) is 23.3 Å². The molecule has 1 aliphatic heterocycles. The van der Waals surface area contributed by atoms with E-state index >= 15 is 0 Å². The molecule has 0 amide bonds. The number of allylic oxidation sites excluding steroid dienone is 2. The van der Waals surface area contributed by atoms with Gasteiger partial charge in [-0.2, -0.15) is 0 Å². The molecule has 5 nitrogen and oxygen atoms in total. The van der Waals surface area contributed by atoms with E-state index in [1.165, 1.54) is 25.3 Å². The molecule has 0 aliphatic carbocycles. The van der Waals surface area contributed by atoms with Gasteiger partial charge in [-0.05, 0) is 19.9 Å². The number of nitrogens with one attached hydrogen (secondary N) is 1. The molecule has 0 radical (unpaired) electrons. The molecule has 1 aromatic rings. The largest absolute Gasteiger partial charge is 0.466 e. The Balaban J connectivity index is 2.65. The highest BCUT2D eigenvalue weighted by Gasteiger charge is 2.38. The normalized spacial score (nSPS) is 17.0. The quantitative estimate of drug-likeness (QED) is 0.657. The van der Waals surface area contributed by atoms with Gasteiger partial charge in [0.25, 0.3) is 0 Å². The third kappa shape index (κ3) is 3.63. The van der Waals surface area contributed by atoms with Crippen molar-refractivity contribution < 1.29 is 23.5 Å². The summed E-state index contributed by atoms with van der Waals surface area (Å²) in [5, 5.41) is 2.98. The highest BCUT2D eigenvalue weighted by Crippen LogP contribution is 2.40. The molecule has 1 atom stereocenters. The van der Waals surface area contributed by atoms with Gasteiger partial charge in [0.1, 0.15) is 12.4 Å². The van der Waals surface area contributed by atoms with Crippen LogP contribution < -0.4 is 5.32 Å². The van der Waals surface area contributed by atoms with Crippen molar-refractivity contribution in [2.75, 3.05) is 13.7 Å². The second-order valence-corrected chi connectivity index (χ2v) is 5.54. The summed E-state index contributed by atoms with van der Waals surface area (Å²) < 4.78 is 24.5. The summed E-state index contributed by atoms with van der Waals surface area (Å²) in [6.07, 6.45) is 1.43. The molecule has 0 aromatic heterocycles. The zero-order valence-corrected chi connectivity index (χ0v) is 14.4. The van der Waals surface area contributed by atoms with Gasteiger partial charge < -0.3 is 14.8 Å². The highest BCUT2D eigenvalue weighted by atomic mass is 19.1. The number of hydrogen-bond acceptors (Lipinski definition) is 5. The van der Waals surface area contributed by atoms with Crippen LogP contribution in [0.2, 0.25) is 0 Å². The third-order valence-corrected chi connectivity index (χ3v) is 3.93. The lowest BCUT2D eigenvalue weighted by molar-refractivity contribution is -0.138. The average molecular weight is 345 g/mol. The Morgan fingerprint density at radius 3 is 2.36 bits per heavy atom. The average Bonchev–Trinajstić information content (AvgIpc) is 2.59. The van der Waals surface area contributed by atoms with Crippen LogP contribution >= 0.6 is 0 Å². The van der Waals surface area contributed by atoms with Gasteiger partial charge in [-0.25, -0.2) is 14.0 Å². The molecule has 25 heavy (non-hydrogen) atoms. The van der Waals surface area contributed by atoms with Crippen LogP contribution in [0.25, 0.3) is 0 Å². The molecule has 1 unspecified atom stereocenters. The van der Waals surface area contributed by atoms with Gasteiger partial charge in [0, 0.05) is 17.0 Å². The van der Waals surface area contributed by atoms with Crippen molar-refractivity contribution >= 4 is 11.9 Å². The first-order valence-electron chi connectivity index (χ1n) is 7.71. The van der Waals surface area contributed by atoms with E-state index in [2.05, 4.69) is 11.9 Å². The summed E-state index contributed by atoms with van der Waals surface area (Å²) >= 11 is 0. The molecule has 1 aromatic carbocycles. The number of methoxy groups -OCH3 is 1. The topological polar surface area (TPSA) is 64.6 Å². The Labute approximate surface area is 145 Å². The maximum absolute atomic E-state index is 14.5. The van der Waals surface area contributed by atoms with Crippen molar-refractivity contribution in [3.05, 3.63) is 70.8 Å². The van der Waals surface area contributed by atoms with E-state index in [1.54, 1.807) is 26.0 Å². The summed E-state index contributed by atoms with van der Waals surface area (Å²) in [6, 6.07) is 6.01. The molecule has 0 saturated heterocycles.